The van der Waals surface area contributed by atoms with E-state index in [1.807, 2.05) is 43.3 Å². The molecule has 0 fully saturated rings. The molecule has 0 amide bonds. The standard InChI is InChI=1S/C22H27FN4O/c1-3-25-22(27-14-20-10-9-19(12-24)11-21(20)23)26-13-17(2)15-28-16-18-7-5-4-6-8-18/h4-11,17H,3,13-16H2,1-2H3,(H2,25,26,27). The van der Waals surface area contributed by atoms with E-state index in [1.165, 1.54) is 6.07 Å². The zero-order valence-corrected chi connectivity index (χ0v) is 16.4. The molecule has 2 aromatic rings. The van der Waals surface area contributed by atoms with Gasteiger partial charge in [-0.05, 0) is 30.5 Å². The van der Waals surface area contributed by atoms with Crippen molar-refractivity contribution in [3.8, 4) is 6.07 Å². The molecule has 0 radical (unpaired) electrons. The monoisotopic (exact) mass is 382 g/mol. The van der Waals surface area contributed by atoms with Gasteiger partial charge in [-0.25, -0.2) is 9.38 Å². The highest BCUT2D eigenvalue weighted by Gasteiger charge is 2.07. The molecule has 0 saturated carbocycles. The molecule has 2 rings (SSSR count). The summed E-state index contributed by atoms with van der Waals surface area (Å²) in [6.45, 7) is 6.90. The van der Waals surface area contributed by atoms with Gasteiger partial charge < -0.3 is 15.4 Å². The number of rotatable bonds is 9. The lowest BCUT2D eigenvalue weighted by atomic mass is 10.1. The molecule has 6 heteroatoms. The highest BCUT2D eigenvalue weighted by Crippen LogP contribution is 2.11. The van der Waals surface area contributed by atoms with Crippen LogP contribution in [0.5, 0.6) is 0 Å². The zero-order valence-electron chi connectivity index (χ0n) is 16.4. The number of nitrogens with one attached hydrogen (secondary N) is 2. The van der Waals surface area contributed by atoms with E-state index in [9.17, 15) is 4.39 Å². The van der Waals surface area contributed by atoms with Crippen LogP contribution in [0.1, 0.15) is 30.5 Å². The number of benzene rings is 2. The number of hydrogen-bond donors (Lipinski definition) is 2. The third kappa shape index (κ3) is 7.37. The second-order valence-corrected chi connectivity index (χ2v) is 6.60. The van der Waals surface area contributed by atoms with Gasteiger partial charge in [-0.3, -0.25) is 0 Å². The van der Waals surface area contributed by atoms with Gasteiger partial charge in [-0.15, -0.1) is 0 Å². The van der Waals surface area contributed by atoms with Crippen LogP contribution in [0.2, 0.25) is 0 Å². The molecular weight excluding hydrogens is 355 g/mol. The minimum Gasteiger partial charge on any atom is -0.376 e. The van der Waals surface area contributed by atoms with Gasteiger partial charge in [0.1, 0.15) is 5.82 Å². The maximum atomic E-state index is 14.0. The van der Waals surface area contributed by atoms with E-state index in [4.69, 9.17) is 10.00 Å². The van der Waals surface area contributed by atoms with E-state index in [-0.39, 0.29) is 6.54 Å². The molecule has 2 N–H and O–H groups in total. The fourth-order valence-electron chi connectivity index (χ4n) is 2.53. The third-order valence-electron chi connectivity index (χ3n) is 4.07. The smallest absolute Gasteiger partial charge is 0.191 e. The molecule has 0 aromatic heterocycles. The number of guanidine groups is 1. The van der Waals surface area contributed by atoms with Gasteiger partial charge in [0.15, 0.2) is 5.96 Å². The van der Waals surface area contributed by atoms with Crippen molar-refractivity contribution in [1.29, 1.82) is 5.26 Å². The third-order valence-corrected chi connectivity index (χ3v) is 4.07. The van der Waals surface area contributed by atoms with Crippen molar-refractivity contribution < 1.29 is 9.13 Å². The molecule has 0 aliphatic rings. The van der Waals surface area contributed by atoms with Crippen LogP contribution >= 0.6 is 0 Å². The van der Waals surface area contributed by atoms with Crippen LogP contribution in [-0.2, 0) is 17.9 Å². The minimum absolute atomic E-state index is 0.200. The van der Waals surface area contributed by atoms with E-state index >= 15 is 0 Å². The summed E-state index contributed by atoms with van der Waals surface area (Å²) in [5.74, 6) is 0.502. The number of ether oxygens (including phenoxy) is 1. The quantitative estimate of drug-likeness (QED) is 0.514. The lowest BCUT2D eigenvalue weighted by molar-refractivity contribution is 0.0931. The molecule has 2 aromatic carbocycles. The summed E-state index contributed by atoms with van der Waals surface area (Å²) in [5, 5.41) is 15.2. The molecule has 1 atom stereocenters. The summed E-state index contributed by atoms with van der Waals surface area (Å²) in [6.07, 6.45) is 0. The number of nitriles is 1. The van der Waals surface area contributed by atoms with Gasteiger partial charge in [-0.1, -0.05) is 43.3 Å². The van der Waals surface area contributed by atoms with Crippen molar-refractivity contribution >= 4 is 5.96 Å². The Morgan fingerprint density at radius 1 is 1.21 bits per heavy atom. The SMILES string of the molecule is CCNC(=NCc1ccc(C#N)cc1F)NCC(C)COCc1ccccc1. The average molecular weight is 382 g/mol. The van der Waals surface area contributed by atoms with Crippen molar-refractivity contribution in [3.63, 3.8) is 0 Å². The predicted molar refractivity (Wildman–Crippen MR) is 109 cm³/mol. The van der Waals surface area contributed by atoms with Gasteiger partial charge in [0.25, 0.3) is 0 Å². The fourth-order valence-corrected chi connectivity index (χ4v) is 2.53. The van der Waals surface area contributed by atoms with Gasteiger partial charge in [0.2, 0.25) is 0 Å². The number of halogens is 1. The van der Waals surface area contributed by atoms with Crippen LogP contribution in [0.25, 0.3) is 0 Å². The highest BCUT2D eigenvalue weighted by atomic mass is 19.1. The van der Waals surface area contributed by atoms with Crippen molar-refractivity contribution in [1.82, 2.24) is 10.6 Å². The molecule has 0 bridgehead atoms. The van der Waals surface area contributed by atoms with Crippen LogP contribution in [0.3, 0.4) is 0 Å². The van der Waals surface area contributed by atoms with Gasteiger partial charge in [-0.2, -0.15) is 5.26 Å². The average Bonchev–Trinajstić information content (AvgIpc) is 2.71. The van der Waals surface area contributed by atoms with E-state index < -0.39 is 5.82 Å². The Labute approximate surface area is 166 Å². The Balaban J connectivity index is 1.81. The van der Waals surface area contributed by atoms with Crippen molar-refractivity contribution in [3.05, 3.63) is 71.0 Å². The summed E-state index contributed by atoms with van der Waals surface area (Å²) in [6, 6.07) is 16.4. The second kappa shape index (κ2) is 11.7. The molecule has 0 spiro atoms. The highest BCUT2D eigenvalue weighted by molar-refractivity contribution is 5.79. The Bertz CT molecular complexity index is 802. The molecule has 1 unspecified atom stereocenters. The van der Waals surface area contributed by atoms with Gasteiger partial charge in [0, 0.05) is 18.7 Å². The molecule has 148 valence electrons. The number of aliphatic imine (C=N–C) groups is 1. The topological polar surface area (TPSA) is 69.4 Å². The lowest BCUT2D eigenvalue weighted by Gasteiger charge is -2.16. The van der Waals surface area contributed by atoms with Crippen LogP contribution in [0.4, 0.5) is 4.39 Å². The minimum atomic E-state index is -0.415. The van der Waals surface area contributed by atoms with Crippen molar-refractivity contribution in [2.24, 2.45) is 10.9 Å². The first kappa shape index (κ1) is 21.4. The maximum absolute atomic E-state index is 14.0. The summed E-state index contributed by atoms with van der Waals surface area (Å²) in [4.78, 5) is 4.43. The first-order valence-electron chi connectivity index (χ1n) is 9.44. The van der Waals surface area contributed by atoms with Crippen molar-refractivity contribution in [2.75, 3.05) is 19.7 Å². The first-order valence-corrected chi connectivity index (χ1v) is 9.44. The molecule has 0 aliphatic carbocycles. The zero-order chi connectivity index (χ0) is 20.2. The molecule has 0 aliphatic heterocycles. The molecule has 0 heterocycles. The van der Waals surface area contributed by atoms with Crippen LogP contribution < -0.4 is 10.6 Å². The largest absolute Gasteiger partial charge is 0.376 e. The van der Waals surface area contributed by atoms with Crippen LogP contribution in [0, 0.1) is 23.1 Å². The molecular formula is C22H27FN4O. The molecule has 5 nitrogen and oxygen atoms in total. The molecule has 0 saturated heterocycles. The predicted octanol–water partition coefficient (Wildman–Crippen LogP) is 3.61. The Kier molecular flexibility index (Phi) is 8.96. The van der Waals surface area contributed by atoms with E-state index in [1.54, 1.807) is 12.1 Å². The van der Waals surface area contributed by atoms with Crippen molar-refractivity contribution in [2.45, 2.75) is 27.0 Å². The summed E-state index contributed by atoms with van der Waals surface area (Å²) in [7, 11) is 0. The van der Waals surface area contributed by atoms with E-state index in [0.717, 1.165) is 5.56 Å². The summed E-state index contributed by atoms with van der Waals surface area (Å²) >= 11 is 0. The van der Waals surface area contributed by atoms with Gasteiger partial charge in [0.05, 0.1) is 31.4 Å². The summed E-state index contributed by atoms with van der Waals surface area (Å²) < 4.78 is 19.8. The fraction of sp³-hybridized carbons (Fsp3) is 0.364. The Hall–Kier alpha value is -2.91. The molecule has 28 heavy (non-hydrogen) atoms. The van der Waals surface area contributed by atoms with E-state index in [0.29, 0.717) is 49.3 Å². The number of hydrogen-bond acceptors (Lipinski definition) is 3. The second-order valence-electron chi connectivity index (χ2n) is 6.60. The van der Waals surface area contributed by atoms with E-state index in [2.05, 4.69) is 22.5 Å². The maximum Gasteiger partial charge on any atom is 0.191 e. The Morgan fingerprint density at radius 3 is 2.68 bits per heavy atom. The number of nitrogens with zero attached hydrogens (tertiary/aromatic N) is 2. The van der Waals surface area contributed by atoms with Crippen LogP contribution in [-0.4, -0.2) is 25.7 Å². The normalized spacial score (nSPS) is 12.3. The lowest BCUT2D eigenvalue weighted by Crippen LogP contribution is -2.40. The van der Waals surface area contributed by atoms with Gasteiger partial charge >= 0.3 is 0 Å². The van der Waals surface area contributed by atoms with Crippen LogP contribution in [0.15, 0.2) is 53.5 Å². The Morgan fingerprint density at radius 2 is 2.00 bits per heavy atom. The first-order chi connectivity index (χ1) is 13.6. The summed E-state index contributed by atoms with van der Waals surface area (Å²) in [5.41, 5.74) is 1.91.